The van der Waals surface area contributed by atoms with Gasteiger partial charge >= 0.3 is 6.03 Å². The van der Waals surface area contributed by atoms with Crippen LogP contribution in [0.1, 0.15) is 32.1 Å². The monoisotopic (exact) mass is 257 g/mol. The Kier molecular flexibility index (Phi) is 4.89. The van der Waals surface area contributed by atoms with Gasteiger partial charge in [0.1, 0.15) is 0 Å². The van der Waals surface area contributed by atoms with Gasteiger partial charge in [0.25, 0.3) is 0 Å². The van der Waals surface area contributed by atoms with Gasteiger partial charge in [0, 0.05) is 23.2 Å². The first kappa shape index (κ1) is 13.9. The summed E-state index contributed by atoms with van der Waals surface area (Å²) in [6.07, 6.45) is 3.19. The fourth-order valence-electron chi connectivity index (χ4n) is 1.31. The van der Waals surface area contributed by atoms with Crippen LogP contribution in [0.3, 0.4) is 0 Å². The predicted molar refractivity (Wildman–Crippen MR) is 69.4 cm³/mol. The lowest BCUT2D eigenvalue weighted by atomic mass is 10.0. The largest absolute Gasteiger partial charge is 0.396 e. The molecule has 0 saturated carbocycles. The van der Waals surface area contributed by atoms with Gasteiger partial charge in [-0.2, -0.15) is 0 Å². The maximum atomic E-state index is 11.7. The molecule has 2 amide bonds. The van der Waals surface area contributed by atoms with Crippen molar-refractivity contribution >= 4 is 22.5 Å². The predicted octanol–water partition coefficient (Wildman–Crippen LogP) is 1.99. The van der Waals surface area contributed by atoms with Gasteiger partial charge in [-0.3, -0.25) is 5.32 Å². The highest BCUT2D eigenvalue weighted by Gasteiger charge is 2.20. The first-order valence-electron chi connectivity index (χ1n) is 5.61. The molecule has 6 heteroatoms. The SMILES string of the molecule is CCc1cnc(NC(=O)NC(C)(C)CCO)s1. The van der Waals surface area contributed by atoms with Crippen LogP contribution in [0.4, 0.5) is 9.93 Å². The van der Waals surface area contributed by atoms with Gasteiger partial charge in [-0.25, -0.2) is 9.78 Å². The third kappa shape index (κ3) is 4.70. The Bertz CT molecular complexity index is 377. The number of aliphatic hydroxyl groups is 1. The molecule has 3 N–H and O–H groups in total. The van der Waals surface area contributed by atoms with E-state index in [9.17, 15) is 4.79 Å². The first-order chi connectivity index (χ1) is 7.96. The van der Waals surface area contributed by atoms with Crippen molar-refractivity contribution in [1.82, 2.24) is 10.3 Å². The summed E-state index contributed by atoms with van der Waals surface area (Å²) < 4.78 is 0. The number of anilines is 1. The van der Waals surface area contributed by atoms with E-state index in [1.54, 1.807) is 6.20 Å². The topological polar surface area (TPSA) is 74.2 Å². The Hall–Kier alpha value is -1.14. The van der Waals surface area contributed by atoms with E-state index in [4.69, 9.17) is 5.11 Å². The molecule has 1 heterocycles. The summed E-state index contributed by atoms with van der Waals surface area (Å²) in [6.45, 7) is 5.82. The second kappa shape index (κ2) is 5.97. The number of rotatable bonds is 5. The molecular weight excluding hydrogens is 238 g/mol. The van der Waals surface area contributed by atoms with Crippen LogP contribution >= 0.6 is 11.3 Å². The van der Waals surface area contributed by atoms with Crippen molar-refractivity contribution in [3.8, 4) is 0 Å². The molecule has 0 aliphatic rings. The van der Waals surface area contributed by atoms with E-state index in [1.807, 2.05) is 20.8 Å². The normalized spacial score (nSPS) is 11.3. The number of hydrogen-bond donors (Lipinski definition) is 3. The number of nitrogens with zero attached hydrogens (tertiary/aromatic N) is 1. The van der Waals surface area contributed by atoms with E-state index in [2.05, 4.69) is 15.6 Å². The summed E-state index contributed by atoms with van der Waals surface area (Å²) in [5.41, 5.74) is -0.427. The van der Waals surface area contributed by atoms with Gasteiger partial charge in [-0.05, 0) is 26.7 Å². The van der Waals surface area contributed by atoms with Gasteiger partial charge in [0.2, 0.25) is 0 Å². The molecule has 1 aromatic heterocycles. The standard InChI is InChI=1S/C11H19N3O2S/c1-4-8-7-12-10(17-8)13-9(16)14-11(2,3)5-6-15/h7,15H,4-6H2,1-3H3,(H2,12,13,14,16). The lowest BCUT2D eigenvalue weighted by molar-refractivity contribution is 0.218. The Morgan fingerprint density at radius 3 is 2.82 bits per heavy atom. The summed E-state index contributed by atoms with van der Waals surface area (Å²) in [4.78, 5) is 16.9. The molecule has 0 atom stereocenters. The van der Waals surface area contributed by atoms with Gasteiger partial charge < -0.3 is 10.4 Å². The van der Waals surface area contributed by atoms with Crippen LogP contribution in [-0.4, -0.2) is 28.3 Å². The zero-order chi connectivity index (χ0) is 12.9. The van der Waals surface area contributed by atoms with Crippen molar-refractivity contribution in [3.63, 3.8) is 0 Å². The molecular formula is C11H19N3O2S. The summed E-state index contributed by atoms with van der Waals surface area (Å²) in [6, 6.07) is -0.291. The van der Waals surface area contributed by atoms with Gasteiger partial charge in [-0.15, -0.1) is 11.3 Å². The van der Waals surface area contributed by atoms with Gasteiger partial charge in [0.15, 0.2) is 5.13 Å². The summed E-state index contributed by atoms with van der Waals surface area (Å²) >= 11 is 1.47. The van der Waals surface area contributed by atoms with Crippen molar-refractivity contribution < 1.29 is 9.90 Å². The summed E-state index contributed by atoms with van der Waals surface area (Å²) in [5.74, 6) is 0. The summed E-state index contributed by atoms with van der Waals surface area (Å²) in [5, 5.41) is 14.9. The van der Waals surface area contributed by atoms with Crippen LogP contribution in [0.2, 0.25) is 0 Å². The zero-order valence-corrected chi connectivity index (χ0v) is 11.2. The number of thiazole rings is 1. The Morgan fingerprint density at radius 2 is 2.29 bits per heavy atom. The van der Waals surface area contributed by atoms with E-state index >= 15 is 0 Å². The zero-order valence-electron chi connectivity index (χ0n) is 10.4. The number of hydrogen-bond acceptors (Lipinski definition) is 4. The molecule has 0 aliphatic carbocycles. The van der Waals surface area contributed by atoms with E-state index in [0.717, 1.165) is 11.3 Å². The number of aliphatic hydroxyl groups excluding tert-OH is 1. The molecule has 0 radical (unpaired) electrons. The van der Waals surface area contributed by atoms with Gasteiger partial charge in [0.05, 0.1) is 0 Å². The quantitative estimate of drug-likeness (QED) is 0.755. The van der Waals surface area contributed by atoms with Crippen LogP contribution in [-0.2, 0) is 6.42 Å². The highest BCUT2D eigenvalue weighted by atomic mass is 32.1. The fourth-order valence-corrected chi connectivity index (χ4v) is 2.05. The lowest BCUT2D eigenvalue weighted by Crippen LogP contribution is -2.46. The van der Waals surface area contributed by atoms with Crippen molar-refractivity contribution in [2.45, 2.75) is 39.2 Å². The maximum Gasteiger partial charge on any atom is 0.321 e. The van der Waals surface area contributed by atoms with E-state index in [-0.39, 0.29) is 12.6 Å². The third-order valence-electron chi connectivity index (χ3n) is 2.31. The molecule has 0 saturated heterocycles. The first-order valence-corrected chi connectivity index (χ1v) is 6.43. The highest BCUT2D eigenvalue weighted by Crippen LogP contribution is 2.18. The number of amides is 2. The van der Waals surface area contributed by atoms with Crippen molar-refractivity contribution in [2.75, 3.05) is 11.9 Å². The molecule has 1 aromatic rings. The molecule has 0 fully saturated rings. The second-order valence-corrected chi connectivity index (χ2v) is 5.54. The third-order valence-corrected chi connectivity index (χ3v) is 3.37. The van der Waals surface area contributed by atoms with Gasteiger partial charge in [-0.1, -0.05) is 6.92 Å². The summed E-state index contributed by atoms with van der Waals surface area (Å²) in [7, 11) is 0. The van der Waals surface area contributed by atoms with Crippen molar-refractivity contribution in [3.05, 3.63) is 11.1 Å². The molecule has 0 spiro atoms. The molecule has 0 bridgehead atoms. The van der Waals surface area contributed by atoms with Crippen LogP contribution < -0.4 is 10.6 Å². The molecule has 0 aromatic carbocycles. The number of aryl methyl sites for hydroxylation is 1. The van der Waals surface area contributed by atoms with Crippen molar-refractivity contribution in [1.29, 1.82) is 0 Å². The van der Waals surface area contributed by atoms with E-state index in [1.165, 1.54) is 11.3 Å². The van der Waals surface area contributed by atoms with Crippen LogP contribution in [0.5, 0.6) is 0 Å². The Labute approximate surface area is 105 Å². The van der Waals surface area contributed by atoms with Crippen LogP contribution in [0.15, 0.2) is 6.20 Å². The van der Waals surface area contributed by atoms with Crippen LogP contribution in [0.25, 0.3) is 0 Å². The maximum absolute atomic E-state index is 11.7. The molecule has 96 valence electrons. The number of nitrogens with one attached hydrogen (secondary N) is 2. The highest BCUT2D eigenvalue weighted by molar-refractivity contribution is 7.15. The number of urea groups is 1. The minimum Gasteiger partial charge on any atom is -0.396 e. The number of aromatic nitrogens is 1. The van der Waals surface area contributed by atoms with Crippen molar-refractivity contribution in [2.24, 2.45) is 0 Å². The molecule has 17 heavy (non-hydrogen) atoms. The Morgan fingerprint density at radius 1 is 1.59 bits per heavy atom. The number of carbonyl (C=O) groups is 1. The number of carbonyl (C=O) groups excluding carboxylic acids is 1. The van der Waals surface area contributed by atoms with E-state index in [0.29, 0.717) is 11.6 Å². The molecule has 0 unspecified atom stereocenters. The Balaban J connectivity index is 2.49. The minimum atomic E-state index is -0.427. The van der Waals surface area contributed by atoms with Crippen LogP contribution in [0, 0.1) is 0 Å². The average molecular weight is 257 g/mol. The smallest absolute Gasteiger partial charge is 0.321 e. The lowest BCUT2D eigenvalue weighted by Gasteiger charge is -2.24. The average Bonchev–Trinajstić information content (AvgIpc) is 2.64. The second-order valence-electron chi connectivity index (χ2n) is 4.42. The minimum absolute atomic E-state index is 0.0461. The molecule has 1 rings (SSSR count). The molecule has 5 nitrogen and oxygen atoms in total. The fraction of sp³-hybridized carbons (Fsp3) is 0.636. The van der Waals surface area contributed by atoms with E-state index < -0.39 is 5.54 Å². The molecule has 0 aliphatic heterocycles.